The van der Waals surface area contributed by atoms with Crippen molar-refractivity contribution in [1.29, 1.82) is 5.26 Å². The van der Waals surface area contributed by atoms with Gasteiger partial charge in [-0.15, -0.1) is 12.4 Å². The Balaban J connectivity index is 0.00000176. The molecule has 0 aromatic heterocycles. The van der Waals surface area contributed by atoms with Crippen molar-refractivity contribution in [1.82, 2.24) is 9.62 Å². The van der Waals surface area contributed by atoms with E-state index >= 15 is 0 Å². The predicted molar refractivity (Wildman–Crippen MR) is 86.5 cm³/mol. The van der Waals surface area contributed by atoms with Crippen molar-refractivity contribution in [3.05, 3.63) is 29.3 Å². The van der Waals surface area contributed by atoms with Crippen molar-refractivity contribution in [2.75, 3.05) is 13.1 Å². The summed E-state index contributed by atoms with van der Waals surface area (Å²) < 4.78 is 27.3. The van der Waals surface area contributed by atoms with E-state index in [4.69, 9.17) is 0 Å². The molecule has 120 valence electrons. The molecule has 3 rings (SSSR count). The van der Waals surface area contributed by atoms with Crippen LogP contribution in [-0.2, 0) is 10.0 Å². The Hall–Kier alpha value is -1.13. The Morgan fingerprint density at radius 1 is 1.27 bits per heavy atom. The van der Waals surface area contributed by atoms with Crippen molar-refractivity contribution in [3.8, 4) is 6.07 Å². The molecule has 0 spiro atoms. The molecule has 0 saturated carbocycles. The molecule has 0 aliphatic carbocycles. The highest BCUT2D eigenvalue weighted by Crippen LogP contribution is 2.27. The fraction of sp³-hybridized carbons (Fsp3) is 0.533. The number of hydrogen-bond donors (Lipinski definition) is 1. The van der Waals surface area contributed by atoms with Gasteiger partial charge in [0.1, 0.15) is 11.0 Å². The van der Waals surface area contributed by atoms with Gasteiger partial charge in [-0.2, -0.15) is 9.57 Å². The number of nitriles is 1. The zero-order chi connectivity index (χ0) is 15.0. The van der Waals surface area contributed by atoms with Crippen molar-refractivity contribution in [3.63, 3.8) is 0 Å². The molecular weight excluding hydrogens is 322 g/mol. The van der Waals surface area contributed by atoms with Crippen molar-refractivity contribution >= 4 is 22.4 Å². The molecule has 2 aliphatic heterocycles. The lowest BCUT2D eigenvalue weighted by atomic mass is 10.1. The summed E-state index contributed by atoms with van der Waals surface area (Å²) in [5.41, 5.74) is 0.966. The number of benzene rings is 1. The molecule has 1 aromatic rings. The normalized spacial score (nSPS) is 25.1. The quantitative estimate of drug-likeness (QED) is 0.890. The number of nitrogens with one attached hydrogen (secondary N) is 1. The van der Waals surface area contributed by atoms with E-state index in [2.05, 4.69) is 5.32 Å². The highest BCUT2D eigenvalue weighted by molar-refractivity contribution is 7.89. The number of fused-ring (bicyclic) bond motifs is 2. The van der Waals surface area contributed by atoms with E-state index < -0.39 is 10.0 Å². The zero-order valence-corrected chi connectivity index (χ0v) is 14.1. The van der Waals surface area contributed by atoms with Gasteiger partial charge in [0.15, 0.2) is 0 Å². The third-order valence-electron chi connectivity index (χ3n) is 4.45. The number of nitrogens with zero attached hydrogens (tertiary/aromatic N) is 2. The van der Waals surface area contributed by atoms with Gasteiger partial charge in [-0.05, 0) is 37.8 Å². The molecule has 0 amide bonds. The van der Waals surface area contributed by atoms with Crippen LogP contribution < -0.4 is 5.32 Å². The average Bonchev–Trinajstić information content (AvgIpc) is 2.77. The van der Waals surface area contributed by atoms with Crippen molar-refractivity contribution in [2.24, 2.45) is 0 Å². The number of sulfonamides is 1. The first-order chi connectivity index (χ1) is 10.0. The summed E-state index contributed by atoms with van der Waals surface area (Å²) in [4.78, 5) is 0.141. The second-order valence-electron chi connectivity index (χ2n) is 5.85. The second-order valence-corrected chi connectivity index (χ2v) is 7.76. The molecule has 2 heterocycles. The molecule has 1 N–H and O–H groups in total. The molecule has 2 unspecified atom stereocenters. The van der Waals surface area contributed by atoms with Gasteiger partial charge in [0.05, 0.1) is 5.56 Å². The van der Waals surface area contributed by atoms with E-state index in [-0.39, 0.29) is 28.9 Å². The highest BCUT2D eigenvalue weighted by Gasteiger charge is 2.35. The Labute approximate surface area is 137 Å². The summed E-state index contributed by atoms with van der Waals surface area (Å²) in [5.74, 6) is 0. The minimum atomic E-state index is -3.60. The largest absolute Gasteiger partial charge is 0.310 e. The monoisotopic (exact) mass is 341 g/mol. The minimum absolute atomic E-state index is 0. The molecule has 0 radical (unpaired) electrons. The van der Waals surface area contributed by atoms with Gasteiger partial charge >= 0.3 is 0 Å². The highest BCUT2D eigenvalue weighted by atomic mass is 35.5. The summed E-state index contributed by atoms with van der Waals surface area (Å²) in [6.07, 6.45) is 2.99. The lowest BCUT2D eigenvalue weighted by Gasteiger charge is -2.24. The molecule has 2 aliphatic rings. The zero-order valence-electron chi connectivity index (χ0n) is 12.4. The van der Waals surface area contributed by atoms with Crippen LogP contribution in [0.5, 0.6) is 0 Å². The molecular formula is C15H20ClN3O2S. The molecule has 2 saturated heterocycles. The molecule has 1 aromatic carbocycles. The van der Waals surface area contributed by atoms with Crippen LogP contribution in [-0.4, -0.2) is 37.9 Å². The molecule has 2 bridgehead atoms. The molecule has 2 fully saturated rings. The lowest BCUT2D eigenvalue weighted by molar-refractivity contribution is 0.383. The molecule has 7 heteroatoms. The third-order valence-corrected chi connectivity index (χ3v) is 6.36. The van der Waals surface area contributed by atoms with E-state index in [9.17, 15) is 13.7 Å². The van der Waals surface area contributed by atoms with E-state index in [0.717, 1.165) is 19.3 Å². The molecule has 2 atom stereocenters. The van der Waals surface area contributed by atoms with Gasteiger partial charge < -0.3 is 5.32 Å². The van der Waals surface area contributed by atoms with E-state index in [1.807, 2.05) is 6.07 Å². The van der Waals surface area contributed by atoms with Gasteiger partial charge in [-0.25, -0.2) is 8.42 Å². The molecule has 22 heavy (non-hydrogen) atoms. The maximum atomic E-state index is 12.9. The first-order valence-corrected chi connectivity index (χ1v) is 8.72. The number of halogens is 1. The first-order valence-electron chi connectivity index (χ1n) is 7.28. The number of aryl methyl sites for hydroxylation is 1. The van der Waals surface area contributed by atoms with E-state index in [0.29, 0.717) is 24.7 Å². The smallest absolute Gasteiger partial charge is 0.244 e. The topological polar surface area (TPSA) is 73.2 Å². The van der Waals surface area contributed by atoms with Crippen LogP contribution in [0.2, 0.25) is 0 Å². The van der Waals surface area contributed by atoms with Crippen molar-refractivity contribution < 1.29 is 8.42 Å². The first kappa shape index (κ1) is 17.2. The van der Waals surface area contributed by atoms with Gasteiger partial charge in [-0.1, -0.05) is 12.1 Å². The third kappa shape index (κ3) is 2.99. The van der Waals surface area contributed by atoms with Crippen LogP contribution in [0.25, 0.3) is 0 Å². The number of hydrogen-bond acceptors (Lipinski definition) is 4. The second kappa shape index (κ2) is 6.55. The maximum absolute atomic E-state index is 12.9. The Morgan fingerprint density at radius 2 is 2.00 bits per heavy atom. The van der Waals surface area contributed by atoms with Crippen molar-refractivity contribution in [2.45, 2.75) is 43.2 Å². The lowest BCUT2D eigenvalue weighted by Crippen LogP contribution is -2.39. The van der Waals surface area contributed by atoms with Crippen LogP contribution in [0.3, 0.4) is 0 Å². The molecule has 5 nitrogen and oxygen atoms in total. The van der Waals surface area contributed by atoms with Gasteiger partial charge in [0.2, 0.25) is 10.0 Å². The van der Waals surface area contributed by atoms with E-state index in [1.54, 1.807) is 23.4 Å². The maximum Gasteiger partial charge on any atom is 0.244 e. The summed E-state index contributed by atoms with van der Waals surface area (Å²) in [5, 5.41) is 12.8. The van der Waals surface area contributed by atoms with Crippen LogP contribution in [0, 0.1) is 18.3 Å². The van der Waals surface area contributed by atoms with Crippen LogP contribution in [0.15, 0.2) is 23.1 Å². The van der Waals surface area contributed by atoms with Crippen LogP contribution in [0.4, 0.5) is 0 Å². The SMILES string of the molecule is Cc1cccc(S(=O)(=O)N2CCC3CCC(C2)N3)c1C#N.Cl. The fourth-order valence-corrected chi connectivity index (χ4v) is 4.98. The number of rotatable bonds is 2. The summed E-state index contributed by atoms with van der Waals surface area (Å²) in [7, 11) is -3.60. The Kier molecular flexibility index (Phi) is 5.13. The summed E-state index contributed by atoms with van der Waals surface area (Å²) >= 11 is 0. The Bertz CT molecular complexity index is 699. The van der Waals surface area contributed by atoms with Crippen LogP contribution in [0.1, 0.15) is 30.4 Å². The standard InChI is InChI=1S/C15H19N3O2S.ClH/c1-11-3-2-4-15(14(11)9-16)21(19,20)18-8-7-12-5-6-13(10-18)17-12;/h2-4,12-13,17H,5-8,10H2,1H3;1H. The van der Waals surface area contributed by atoms with Gasteiger partial charge in [0, 0.05) is 25.2 Å². The average molecular weight is 342 g/mol. The fourth-order valence-electron chi connectivity index (χ4n) is 3.27. The van der Waals surface area contributed by atoms with Gasteiger partial charge in [0.25, 0.3) is 0 Å². The summed E-state index contributed by atoms with van der Waals surface area (Å²) in [6, 6.07) is 7.72. The van der Waals surface area contributed by atoms with Gasteiger partial charge in [-0.3, -0.25) is 0 Å². The van der Waals surface area contributed by atoms with E-state index in [1.165, 1.54) is 6.07 Å². The predicted octanol–water partition coefficient (Wildman–Crippen LogP) is 1.80. The summed E-state index contributed by atoms with van der Waals surface area (Å²) in [6.45, 7) is 2.79. The Morgan fingerprint density at radius 3 is 2.73 bits per heavy atom. The van der Waals surface area contributed by atoms with Crippen LogP contribution >= 0.6 is 12.4 Å². The minimum Gasteiger partial charge on any atom is -0.310 e.